The fourth-order valence-corrected chi connectivity index (χ4v) is 2.78. The van der Waals surface area contributed by atoms with Crippen LogP contribution in [0.15, 0.2) is 0 Å². The highest BCUT2D eigenvalue weighted by atomic mass is 32.2. The van der Waals surface area contributed by atoms with Gasteiger partial charge in [-0.15, -0.1) is 0 Å². The van der Waals surface area contributed by atoms with E-state index < -0.39 is 10.0 Å². The highest BCUT2D eigenvalue weighted by Crippen LogP contribution is 2.17. The van der Waals surface area contributed by atoms with Gasteiger partial charge < -0.3 is 5.32 Å². The zero-order valence-corrected chi connectivity index (χ0v) is 10.4. The first kappa shape index (κ1) is 12.9. The Morgan fingerprint density at radius 1 is 1.40 bits per heavy atom. The monoisotopic (exact) mass is 234 g/mol. The van der Waals surface area contributed by atoms with E-state index in [2.05, 4.69) is 17.0 Å². The Labute approximate surface area is 92.9 Å². The van der Waals surface area contributed by atoms with Crippen LogP contribution in [0.4, 0.5) is 0 Å². The molecule has 1 atom stereocenters. The third-order valence-corrected chi connectivity index (χ3v) is 3.99. The largest absolute Gasteiger partial charge is 0.313 e. The van der Waals surface area contributed by atoms with E-state index in [9.17, 15) is 8.42 Å². The van der Waals surface area contributed by atoms with Gasteiger partial charge in [-0.05, 0) is 26.2 Å². The lowest BCUT2D eigenvalue weighted by molar-refractivity contribution is 0.541. The Morgan fingerprint density at radius 3 is 2.60 bits per heavy atom. The molecule has 0 spiro atoms. The lowest BCUT2D eigenvalue weighted by Gasteiger charge is -2.13. The molecule has 90 valence electrons. The summed E-state index contributed by atoms with van der Waals surface area (Å²) in [6, 6.07) is 0.634. The second-order valence-corrected chi connectivity index (χ2v) is 6.23. The predicted molar refractivity (Wildman–Crippen MR) is 62.3 cm³/mol. The van der Waals surface area contributed by atoms with E-state index in [-0.39, 0.29) is 11.8 Å². The summed E-state index contributed by atoms with van der Waals surface area (Å²) in [5, 5.41) is 3.20. The summed E-state index contributed by atoms with van der Waals surface area (Å²) in [6.45, 7) is 4.54. The van der Waals surface area contributed by atoms with Crippen LogP contribution in [0.3, 0.4) is 0 Å². The summed E-state index contributed by atoms with van der Waals surface area (Å²) in [7, 11) is -3.08. The minimum Gasteiger partial charge on any atom is -0.313 e. The fraction of sp³-hybridized carbons (Fsp3) is 1.00. The molecule has 0 aromatic heterocycles. The zero-order valence-electron chi connectivity index (χ0n) is 9.62. The number of hydrogen-bond acceptors (Lipinski definition) is 3. The summed E-state index contributed by atoms with van der Waals surface area (Å²) >= 11 is 0. The molecule has 4 nitrogen and oxygen atoms in total. The molecule has 1 aliphatic rings. The third-order valence-electron chi connectivity index (χ3n) is 2.48. The second kappa shape index (κ2) is 5.82. The van der Waals surface area contributed by atoms with E-state index in [1.165, 1.54) is 12.8 Å². The molecule has 0 heterocycles. The van der Waals surface area contributed by atoms with Gasteiger partial charge >= 0.3 is 0 Å². The molecule has 0 amide bonds. The predicted octanol–water partition coefficient (Wildman–Crippen LogP) is 0.846. The molecule has 1 aliphatic carbocycles. The average Bonchev–Trinajstić information content (AvgIpc) is 2.86. The molecular formula is C10H22N2O2S. The molecule has 0 saturated heterocycles. The Morgan fingerprint density at radius 2 is 2.07 bits per heavy atom. The van der Waals surface area contributed by atoms with Crippen molar-refractivity contribution in [2.45, 2.75) is 51.6 Å². The maximum absolute atomic E-state index is 11.6. The van der Waals surface area contributed by atoms with Gasteiger partial charge in [0.1, 0.15) is 0 Å². The molecule has 15 heavy (non-hydrogen) atoms. The summed E-state index contributed by atoms with van der Waals surface area (Å²) in [5.74, 6) is 0.192. The van der Waals surface area contributed by atoms with Crippen molar-refractivity contribution in [3.63, 3.8) is 0 Å². The van der Waals surface area contributed by atoms with E-state index in [0.29, 0.717) is 12.6 Å². The molecule has 0 bridgehead atoms. The molecule has 2 N–H and O–H groups in total. The van der Waals surface area contributed by atoms with Crippen LogP contribution < -0.4 is 10.0 Å². The first-order valence-corrected chi connectivity index (χ1v) is 7.42. The molecule has 1 rings (SSSR count). The number of nitrogens with one attached hydrogen (secondary N) is 2. The van der Waals surface area contributed by atoms with Crippen molar-refractivity contribution in [1.29, 1.82) is 0 Å². The zero-order chi connectivity index (χ0) is 11.3. The van der Waals surface area contributed by atoms with Crippen LogP contribution in [-0.2, 0) is 10.0 Å². The highest BCUT2D eigenvalue weighted by molar-refractivity contribution is 7.89. The summed E-state index contributed by atoms with van der Waals surface area (Å²) < 4.78 is 25.8. The van der Waals surface area contributed by atoms with Gasteiger partial charge in [-0.25, -0.2) is 13.1 Å². The Kier molecular flexibility index (Phi) is 5.02. The van der Waals surface area contributed by atoms with Crippen molar-refractivity contribution in [2.75, 3.05) is 12.3 Å². The van der Waals surface area contributed by atoms with Crippen molar-refractivity contribution < 1.29 is 8.42 Å². The minimum atomic E-state index is -3.08. The molecule has 1 unspecified atom stereocenters. The quantitative estimate of drug-likeness (QED) is 0.654. The van der Waals surface area contributed by atoms with Crippen LogP contribution in [0, 0.1) is 0 Å². The van der Waals surface area contributed by atoms with Gasteiger partial charge in [-0.1, -0.05) is 13.3 Å². The van der Waals surface area contributed by atoms with E-state index in [0.717, 1.165) is 12.8 Å². The standard InChI is InChI=1S/C10H22N2O2S/c1-3-4-9(2)12-15(13,14)8-7-11-10-5-6-10/h9-12H,3-8H2,1-2H3. The van der Waals surface area contributed by atoms with E-state index in [1.54, 1.807) is 0 Å². The normalized spacial score (nSPS) is 19.1. The lowest BCUT2D eigenvalue weighted by atomic mass is 10.2. The average molecular weight is 234 g/mol. The Bertz CT molecular complexity index is 273. The number of hydrogen-bond donors (Lipinski definition) is 2. The van der Waals surface area contributed by atoms with Gasteiger partial charge in [-0.2, -0.15) is 0 Å². The van der Waals surface area contributed by atoms with Crippen LogP contribution in [0.2, 0.25) is 0 Å². The van der Waals surface area contributed by atoms with Gasteiger partial charge in [0.2, 0.25) is 10.0 Å². The second-order valence-electron chi connectivity index (χ2n) is 4.35. The molecule has 0 aromatic carbocycles. The Hall–Kier alpha value is -0.130. The Balaban J connectivity index is 2.17. The van der Waals surface area contributed by atoms with Crippen molar-refractivity contribution >= 4 is 10.0 Å². The van der Waals surface area contributed by atoms with Crippen molar-refractivity contribution in [3.05, 3.63) is 0 Å². The maximum Gasteiger partial charge on any atom is 0.213 e. The first-order valence-electron chi connectivity index (χ1n) is 5.77. The van der Waals surface area contributed by atoms with Gasteiger partial charge in [0, 0.05) is 18.6 Å². The molecule has 5 heteroatoms. The molecule has 1 fully saturated rings. The minimum absolute atomic E-state index is 0.0564. The number of rotatable bonds is 8. The molecular weight excluding hydrogens is 212 g/mol. The van der Waals surface area contributed by atoms with Gasteiger partial charge in [-0.3, -0.25) is 0 Å². The number of sulfonamides is 1. The summed E-state index contributed by atoms with van der Waals surface area (Å²) in [4.78, 5) is 0. The van der Waals surface area contributed by atoms with Gasteiger partial charge in [0.15, 0.2) is 0 Å². The van der Waals surface area contributed by atoms with Crippen molar-refractivity contribution in [3.8, 4) is 0 Å². The lowest BCUT2D eigenvalue weighted by Crippen LogP contribution is -2.37. The highest BCUT2D eigenvalue weighted by Gasteiger charge is 2.21. The molecule has 0 aliphatic heterocycles. The van der Waals surface area contributed by atoms with Crippen LogP contribution in [0.1, 0.15) is 39.5 Å². The first-order chi connectivity index (χ1) is 7.03. The van der Waals surface area contributed by atoms with E-state index >= 15 is 0 Å². The summed E-state index contributed by atoms with van der Waals surface area (Å²) in [6.07, 6.45) is 4.29. The van der Waals surface area contributed by atoms with Crippen LogP contribution in [-0.4, -0.2) is 32.8 Å². The van der Waals surface area contributed by atoms with Gasteiger partial charge in [0.25, 0.3) is 0 Å². The van der Waals surface area contributed by atoms with Crippen LogP contribution >= 0.6 is 0 Å². The third kappa shape index (κ3) is 6.12. The van der Waals surface area contributed by atoms with Gasteiger partial charge in [0.05, 0.1) is 5.75 Å². The fourth-order valence-electron chi connectivity index (χ4n) is 1.54. The van der Waals surface area contributed by atoms with Crippen molar-refractivity contribution in [2.24, 2.45) is 0 Å². The maximum atomic E-state index is 11.6. The van der Waals surface area contributed by atoms with E-state index in [4.69, 9.17) is 0 Å². The molecule has 0 radical (unpaired) electrons. The molecule has 0 aromatic rings. The summed E-state index contributed by atoms with van der Waals surface area (Å²) in [5.41, 5.74) is 0. The van der Waals surface area contributed by atoms with Crippen molar-refractivity contribution in [1.82, 2.24) is 10.0 Å². The van der Waals surface area contributed by atoms with Crippen LogP contribution in [0.25, 0.3) is 0 Å². The van der Waals surface area contributed by atoms with Crippen LogP contribution in [0.5, 0.6) is 0 Å². The topological polar surface area (TPSA) is 58.2 Å². The SMILES string of the molecule is CCCC(C)NS(=O)(=O)CCNC1CC1. The molecule has 1 saturated carbocycles. The van der Waals surface area contributed by atoms with E-state index in [1.807, 2.05) is 6.92 Å². The smallest absolute Gasteiger partial charge is 0.213 e.